The third kappa shape index (κ3) is 3.28. The fraction of sp³-hybridized carbons (Fsp3) is 0.625. The summed E-state index contributed by atoms with van der Waals surface area (Å²) < 4.78 is 0. The van der Waals surface area contributed by atoms with Gasteiger partial charge >= 0.3 is 0 Å². The van der Waals surface area contributed by atoms with E-state index in [2.05, 4.69) is 61.1 Å². The molecule has 3 nitrogen and oxygen atoms in total. The lowest BCUT2D eigenvalue weighted by Gasteiger charge is -2.45. The van der Waals surface area contributed by atoms with E-state index in [1.54, 1.807) is 0 Å². The quantitative estimate of drug-likeness (QED) is 0.898. The highest BCUT2D eigenvalue weighted by atomic mass is 15.3. The molecule has 2 rings (SSSR count). The average molecular weight is 261 g/mol. The van der Waals surface area contributed by atoms with Crippen molar-refractivity contribution in [3.63, 3.8) is 0 Å². The fourth-order valence-corrected chi connectivity index (χ4v) is 3.05. The molecule has 2 atom stereocenters. The van der Waals surface area contributed by atoms with Gasteiger partial charge in [-0.15, -0.1) is 0 Å². The van der Waals surface area contributed by atoms with E-state index in [9.17, 15) is 0 Å². The predicted octanol–water partition coefficient (Wildman–Crippen LogP) is 2.03. The van der Waals surface area contributed by atoms with E-state index in [0.29, 0.717) is 12.1 Å². The molecule has 0 spiro atoms. The Kier molecular flexibility index (Phi) is 4.48. The normalized spacial score (nSPS) is 24.8. The van der Waals surface area contributed by atoms with E-state index in [0.717, 1.165) is 19.6 Å². The van der Waals surface area contributed by atoms with Crippen LogP contribution in [0.1, 0.15) is 18.1 Å². The molecule has 1 heterocycles. The van der Waals surface area contributed by atoms with E-state index >= 15 is 0 Å². The first-order valence-corrected chi connectivity index (χ1v) is 7.21. The van der Waals surface area contributed by atoms with Gasteiger partial charge in [0.15, 0.2) is 0 Å². The van der Waals surface area contributed by atoms with Crippen molar-refractivity contribution in [1.29, 1.82) is 0 Å². The Morgan fingerprint density at radius 3 is 2.37 bits per heavy atom. The number of hydrogen-bond acceptors (Lipinski definition) is 3. The Bertz CT molecular complexity index is 410. The molecule has 0 aromatic heterocycles. The van der Waals surface area contributed by atoms with E-state index < -0.39 is 0 Å². The van der Waals surface area contributed by atoms with Gasteiger partial charge in [0.1, 0.15) is 0 Å². The van der Waals surface area contributed by atoms with Gasteiger partial charge in [-0.2, -0.15) is 0 Å². The molecule has 1 fully saturated rings. The van der Waals surface area contributed by atoms with Gasteiger partial charge in [-0.3, -0.25) is 4.90 Å². The number of rotatable bonds is 3. The summed E-state index contributed by atoms with van der Waals surface area (Å²) in [6, 6.07) is 8.03. The first-order chi connectivity index (χ1) is 9.01. The molecule has 2 unspecified atom stereocenters. The van der Waals surface area contributed by atoms with Crippen LogP contribution >= 0.6 is 0 Å². The second-order valence-corrected chi connectivity index (χ2v) is 5.98. The highest BCUT2D eigenvalue weighted by Gasteiger charge is 2.29. The van der Waals surface area contributed by atoms with E-state index in [4.69, 9.17) is 0 Å². The van der Waals surface area contributed by atoms with Crippen molar-refractivity contribution in [1.82, 2.24) is 10.2 Å². The lowest BCUT2D eigenvalue weighted by atomic mass is 10.0. The summed E-state index contributed by atoms with van der Waals surface area (Å²) in [5.74, 6) is 0. The van der Waals surface area contributed by atoms with Gasteiger partial charge in [-0.1, -0.05) is 6.07 Å². The molecule has 1 aliphatic heterocycles. The zero-order chi connectivity index (χ0) is 14.0. The van der Waals surface area contributed by atoms with Crippen LogP contribution < -0.4 is 10.2 Å². The number of nitrogens with zero attached hydrogens (tertiary/aromatic N) is 2. The van der Waals surface area contributed by atoms with E-state index in [1.807, 2.05) is 7.05 Å². The molecule has 0 saturated carbocycles. The lowest BCUT2D eigenvalue weighted by Crippen LogP contribution is -2.58. The minimum absolute atomic E-state index is 0.578. The van der Waals surface area contributed by atoms with Crippen LogP contribution in [0.2, 0.25) is 0 Å². The number of piperazine rings is 1. The highest BCUT2D eigenvalue weighted by Crippen LogP contribution is 2.23. The summed E-state index contributed by atoms with van der Waals surface area (Å²) in [6.07, 6.45) is 0. The predicted molar refractivity (Wildman–Crippen MR) is 83.1 cm³/mol. The minimum atomic E-state index is 0.578. The number of hydrogen-bond donors (Lipinski definition) is 1. The molecule has 0 amide bonds. The van der Waals surface area contributed by atoms with Crippen LogP contribution in [0.25, 0.3) is 0 Å². The highest BCUT2D eigenvalue weighted by molar-refractivity contribution is 5.51. The maximum atomic E-state index is 3.31. The number of nitrogens with one attached hydrogen (secondary N) is 1. The van der Waals surface area contributed by atoms with Gasteiger partial charge in [-0.05, 0) is 58.1 Å². The average Bonchev–Trinajstić information content (AvgIpc) is 2.33. The second-order valence-electron chi connectivity index (χ2n) is 5.98. The summed E-state index contributed by atoms with van der Waals surface area (Å²) >= 11 is 0. The zero-order valence-electron chi connectivity index (χ0n) is 12.9. The van der Waals surface area contributed by atoms with Gasteiger partial charge in [0.2, 0.25) is 0 Å². The SMILES string of the molecule is CNCC1CN(c2cc(C)cc(C)c2)CC(C)N1C. The molecule has 0 bridgehead atoms. The standard InChI is InChI=1S/C16H27N3/c1-12-6-13(2)8-15(7-12)19-10-14(3)18(5)16(11-19)9-17-4/h6-8,14,16-17H,9-11H2,1-5H3. The van der Waals surface area contributed by atoms with Crippen molar-refractivity contribution in [2.75, 3.05) is 38.6 Å². The van der Waals surface area contributed by atoms with Crippen molar-refractivity contribution < 1.29 is 0 Å². The van der Waals surface area contributed by atoms with E-state index in [1.165, 1.54) is 16.8 Å². The molecule has 3 heteroatoms. The first-order valence-electron chi connectivity index (χ1n) is 7.21. The maximum Gasteiger partial charge on any atom is 0.0396 e. The molecular weight excluding hydrogens is 234 g/mol. The van der Waals surface area contributed by atoms with Crippen LogP contribution in [-0.2, 0) is 0 Å². The Hall–Kier alpha value is -1.06. The summed E-state index contributed by atoms with van der Waals surface area (Å²) in [5.41, 5.74) is 4.08. The van der Waals surface area contributed by atoms with Crippen LogP contribution in [-0.4, -0.2) is 50.7 Å². The Morgan fingerprint density at radius 2 is 1.79 bits per heavy atom. The number of aryl methyl sites for hydroxylation is 2. The van der Waals surface area contributed by atoms with Gasteiger partial charge in [-0.25, -0.2) is 0 Å². The summed E-state index contributed by atoms with van der Waals surface area (Å²) in [4.78, 5) is 5.03. The summed E-state index contributed by atoms with van der Waals surface area (Å²) in [7, 11) is 4.28. The van der Waals surface area contributed by atoms with Crippen molar-refractivity contribution in [2.24, 2.45) is 0 Å². The minimum Gasteiger partial charge on any atom is -0.368 e. The van der Waals surface area contributed by atoms with Gasteiger partial charge in [0, 0.05) is 37.4 Å². The van der Waals surface area contributed by atoms with Crippen LogP contribution in [0.5, 0.6) is 0 Å². The molecule has 1 saturated heterocycles. The van der Waals surface area contributed by atoms with Crippen molar-refractivity contribution in [2.45, 2.75) is 32.9 Å². The number of likely N-dealkylation sites (N-methyl/N-ethyl adjacent to an activating group) is 2. The van der Waals surface area contributed by atoms with Crippen LogP contribution in [0.15, 0.2) is 18.2 Å². The van der Waals surface area contributed by atoms with E-state index in [-0.39, 0.29) is 0 Å². The Balaban J connectivity index is 2.20. The molecule has 106 valence electrons. The third-order valence-corrected chi connectivity index (χ3v) is 4.20. The molecule has 1 aromatic carbocycles. The smallest absolute Gasteiger partial charge is 0.0396 e. The second kappa shape index (κ2) is 5.93. The van der Waals surface area contributed by atoms with Crippen molar-refractivity contribution in [3.05, 3.63) is 29.3 Å². The summed E-state index contributed by atoms with van der Waals surface area (Å²) in [5, 5.41) is 3.31. The van der Waals surface area contributed by atoms with Gasteiger partial charge < -0.3 is 10.2 Å². The Labute approximate surface area is 117 Å². The van der Waals surface area contributed by atoms with Crippen LogP contribution in [0.3, 0.4) is 0 Å². The number of benzene rings is 1. The van der Waals surface area contributed by atoms with Crippen molar-refractivity contribution >= 4 is 5.69 Å². The fourth-order valence-electron chi connectivity index (χ4n) is 3.05. The molecule has 1 aromatic rings. The van der Waals surface area contributed by atoms with Crippen LogP contribution in [0, 0.1) is 13.8 Å². The monoisotopic (exact) mass is 261 g/mol. The first kappa shape index (κ1) is 14.4. The molecule has 0 radical (unpaired) electrons. The molecule has 0 aliphatic carbocycles. The zero-order valence-corrected chi connectivity index (χ0v) is 12.9. The molecular formula is C16H27N3. The molecule has 19 heavy (non-hydrogen) atoms. The Morgan fingerprint density at radius 1 is 1.16 bits per heavy atom. The van der Waals surface area contributed by atoms with Crippen molar-refractivity contribution in [3.8, 4) is 0 Å². The van der Waals surface area contributed by atoms with Gasteiger partial charge in [0.25, 0.3) is 0 Å². The number of anilines is 1. The topological polar surface area (TPSA) is 18.5 Å². The molecule has 1 N–H and O–H groups in total. The summed E-state index contributed by atoms with van der Waals surface area (Å²) in [6.45, 7) is 9.94. The maximum absolute atomic E-state index is 3.31. The largest absolute Gasteiger partial charge is 0.368 e. The molecule has 1 aliphatic rings. The van der Waals surface area contributed by atoms with Crippen LogP contribution in [0.4, 0.5) is 5.69 Å². The van der Waals surface area contributed by atoms with Gasteiger partial charge in [0.05, 0.1) is 0 Å². The third-order valence-electron chi connectivity index (χ3n) is 4.20. The lowest BCUT2D eigenvalue weighted by molar-refractivity contribution is 0.157.